The van der Waals surface area contributed by atoms with Crippen LogP contribution in [0.4, 0.5) is 5.69 Å². The number of para-hydroxylation sites is 1. The van der Waals surface area contributed by atoms with Crippen molar-refractivity contribution in [2.75, 3.05) is 25.0 Å². The summed E-state index contributed by atoms with van der Waals surface area (Å²) in [5, 5.41) is 12.9. The number of anilines is 1. The third kappa shape index (κ3) is 7.92. The Bertz CT molecular complexity index is 661. The molecule has 7 heteroatoms. The van der Waals surface area contributed by atoms with Gasteiger partial charge in [-0.15, -0.1) is 6.58 Å². The van der Waals surface area contributed by atoms with Gasteiger partial charge in [0.1, 0.15) is 0 Å². The van der Waals surface area contributed by atoms with Gasteiger partial charge in [-0.1, -0.05) is 38.1 Å². The average Bonchev–Trinajstić information content (AvgIpc) is 2.67. The Labute approximate surface area is 167 Å². The highest BCUT2D eigenvalue weighted by molar-refractivity contribution is 5.93. The van der Waals surface area contributed by atoms with Gasteiger partial charge in [0.25, 0.3) is 0 Å². The van der Waals surface area contributed by atoms with Crippen LogP contribution in [0.3, 0.4) is 0 Å². The van der Waals surface area contributed by atoms with E-state index in [0.29, 0.717) is 11.5 Å². The van der Waals surface area contributed by atoms with Gasteiger partial charge in [0, 0.05) is 38.0 Å². The molecule has 0 radical (unpaired) electrons. The zero-order valence-corrected chi connectivity index (χ0v) is 16.9. The summed E-state index contributed by atoms with van der Waals surface area (Å²) in [5.74, 6) is -1.28. The molecule has 3 amide bonds. The van der Waals surface area contributed by atoms with E-state index < -0.39 is 11.8 Å². The Morgan fingerprint density at radius 2 is 1.82 bits per heavy atom. The molecule has 1 atom stereocenters. The molecule has 0 saturated heterocycles. The second-order valence-corrected chi connectivity index (χ2v) is 7.12. The van der Waals surface area contributed by atoms with Crippen molar-refractivity contribution >= 4 is 23.4 Å². The van der Waals surface area contributed by atoms with E-state index in [1.54, 1.807) is 11.9 Å². The molecule has 0 unspecified atom stereocenters. The summed E-state index contributed by atoms with van der Waals surface area (Å²) in [7, 11) is 1.69. The minimum Gasteiger partial charge on any atom is -0.355 e. The van der Waals surface area contributed by atoms with Crippen LogP contribution in [-0.4, -0.2) is 48.1 Å². The standard InChI is InChI=1S/C21H31N3O4/c1-5-13-24(28)20(26)15-17(14-16(2)3)21(27)22-12-11-19(25)23(4)18-9-7-6-8-10-18/h5-10,16-17,28H,1,11-15H2,2-4H3,(H,22,27)/t17-/m1/s1. The van der Waals surface area contributed by atoms with Crippen LogP contribution < -0.4 is 10.2 Å². The molecule has 1 rings (SSSR count). The topological polar surface area (TPSA) is 90.0 Å². The van der Waals surface area contributed by atoms with Crippen molar-refractivity contribution in [1.82, 2.24) is 10.4 Å². The molecule has 2 N–H and O–H groups in total. The molecule has 0 aliphatic rings. The van der Waals surface area contributed by atoms with Gasteiger partial charge in [-0.25, -0.2) is 5.06 Å². The van der Waals surface area contributed by atoms with Gasteiger partial charge >= 0.3 is 0 Å². The molecule has 0 heterocycles. The van der Waals surface area contributed by atoms with E-state index >= 15 is 0 Å². The molecule has 0 spiro atoms. The van der Waals surface area contributed by atoms with Crippen LogP contribution in [0.25, 0.3) is 0 Å². The van der Waals surface area contributed by atoms with Gasteiger partial charge in [0.05, 0.1) is 6.54 Å². The van der Waals surface area contributed by atoms with Crippen LogP contribution >= 0.6 is 0 Å². The third-order valence-corrected chi connectivity index (χ3v) is 4.29. The summed E-state index contributed by atoms with van der Waals surface area (Å²) in [5.41, 5.74) is 0.785. The summed E-state index contributed by atoms with van der Waals surface area (Å²) in [6, 6.07) is 9.26. The summed E-state index contributed by atoms with van der Waals surface area (Å²) < 4.78 is 0. The molecule has 0 aromatic heterocycles. The fourth-order valence-corrected chi connectivity index (χ4v) is 2.79. The molecule has 0 bridgehead atoms. The van der Waals surface area contributed by atoms with Gasteiger partial charge in [-0.2, -0.15) is 0 Å². The fraction of sp³-hybridized carbons (Fsp3) is 0.476. The Kier molecular flexibility index (Phi) is 9.95. The molecule has 0 fully saturated rings. The van der Waals surface area contributed by atoms with Gasteiger partial charge < -0.3 is 10.2 Å². The quantitative estimate of drug-likeness (QED) is 0.346. The smallest absolute Gasteiger partial charge is 0.247 e. The monoisotopic (exact) mass is 389 g/mol. The molecule has 28 heavy (non-hydrogen) atoms. The lowest BCUT2D eigenvalue weighted by Crippen LogP contribution is -2.38. The third-order valence-electron chi connectivity index (χ3n) is 4.29. The molecular formula is C21H31N3O4. The molecule has 1 aromatic rings. The van der Waals surface area contributed by atoms with Gasteiger partial charge in [-0.3, -0.25) is 19.6 Å². The normalized spacial score (nSPS) is 11.6. The van der Waals surface area contributed by atoms with Crippen molar-refractivity contribution in [2.24, 2.45) is 11.8 Å². The maximum atomic E-state index is 12.5. The molecule has 0 aliphatic carbocycles. The SMILES string of the molecule is C=CCN(O)C(=O)C[C@@H](CC(C)C)C(=O)NCCC(=O)N(C)c1ccccc1. The molecule has 1 aromatic carbocycles. The lowest BCUT2D eigenvalue weighted by atomic mass is 9.93. The van der Waals surface area contributed by atoms with E-state index in [1.165, 1.54) is 6.08 Å². The van der Waals surface area contributed by atoms with Crippen molar-refractivity contribution in [3.05, 3.63) is 43.0 Å². The summed E-state index contributed by atoms with van der Waals surface area (Å²) in [6.07, 6.45) is 1.98. The first kappa shape index (κ1) is 23.4. The van der Waals surface area contributed by atoms with Crippen LogP contribution in [0.5, 0.6) is 0 Å². The summed E-state index contributed by atoms with van der Waals surface area (Å²) >= 11 is 0. The molecule has 154 valence electrons. The fourth-order valence-electron chi connectivity index (χ4n) is 2.79. The summed E-state index contributed by atoms with van der Waals surface area (Å²) in [6.45, 7) is 7.59. The number of nitrogens with zero attached hydrogens (tertiary/aromatic N) is 2. The number of hydrogen-bond donors (Lipinski definition) is 2. The number of rotatable bonds is 11. The van der Waals surface area contributed by atoms with E-state index in [2.05, 4.69) is 11.9 Å². The molecule has 0 aliphatic heterocycles. The maximum absolute atomic E-state index is 12.5. The van der Waals surface area contributed by atoms with Crippen molar-refractivity contribution in [3.63, 3.8) is 0 Å². The van der Waals surface area contributed by atoms with Crippen LogP contribution in [-0.2, 0) is 14.4 Å². The minimum absolute atomic E-state index is 0.00910. The Balaban J connectivity index is 2.56. The van der Waals surface area contributed by atoms with Crippen LogP contribution in [0.2, 0.25) is 0 Å². The first-order valence-corrected chi connectivity index (χ1v) is 9.45. The van der Waals surface area contributed by atoms with Crippen molar-refractivity contribution < 1.29 is 19.6 Å². The zero-order chi connectivity index (χ0) is 21.1. The van der Waals surface area contributed by atoms with Gasteiger partial charge in [0.15, 0.2) is 0 Å². The summed E-state index contributed by atoms with van der Waals surface area (Å²) in [4.78, 5) is 38.4. The van der Waals surface area contributed by atoms with Crippen LogP contribution in [0.1, 0.15) is 33.1 Å². The highest BCUT2D eigenvalue weighted by atomic mass is 16.5. The average molecular weight is 389 g/mol. The first-order chi connectivity index (χ1) is 13.3. The number of hydroxylamine groups is 2. The van der Waals surface area contributed by atoms with Crippen molar-refractivity contribution in [1.29, 1.82) is 0 Å². The van der Waals surface area contributed by atoms with E-state index in [-0.39, 0.29) is 43.7 Å². The lowest BCUT2D eigenvalue weighted by Gasteiger charge is -2.21. The van der Waals surface area contributed by atoms with Gasteiger partial charge in [0.2, 0.25) is 17.7 Å². The van der Waals surface area contributed by atoms with Crippen molar-refractivity contribution in [3.8, 4) is 0 Å². The maximum Gasteiger partial charge on any atom is 0.247 e. The number of benzene rings is 1. The molecule has 7 nitrogen and oxygen atoms in total. The van der Waals surface area contributed by atoms with Crippen LogP contribution in [0.15, 0.2) is 43.0 Å². The molecular weight excluding hydrogens is 358 g/mol. The predicted octanol–water partition coefficient (Wildman–Crippen LogP) is 2.61. The predicted molar refractivity (Wildman–Crippen MR) is 109 cm³/mol. The van der Waals surface area contributed by atoms with E-state index in [1.807, 2.05) is 44.2 Å². The van der Waals surface area contributed by atoms with Gasteiger partial charge in [-0.05, 0) is 24.5 Å². The second-order valence-electron chi connectivity index (χ2n) is 7.12. The van der Waals surface area contributed by atoms with E-state index in [0.717, 1.165) is 5.69 Å². The van der Waals surface area contributed by atoms with E-state index in [4.69, 9.17) is 0 Å². The minimum atomic E-state index is -0.561. The van der Waals surface area contributed by atoms with E-state index in [9.17, 15) is 19.6 Å². The zero-order valence-electron chi connectivity index (χ0n) is 16.9. The Morgan fingerprint density at radius 1 is 1.18 bits per heavy atom. The number of amides is 3. The highest BCUT2D eigenvalue weighted by Crippen LogP contribution is 2.17. The number of carbonyl (C=O) groups is 3. The lowest BCUT2D eigenvalue weighted by molar-refractivity contribution is -0.165. The molecule has 0 saturated carbocycles. The first-order valence-electron chi connectivity index (χ1n) is 9.45. The Morgan fingerprint density at radius 3 is 2.39 bits per heavy atom. The highest BCUT2D eigenvalue weighted by Gasteiger charge is 2.25. The number of hydrogen-bond acceptors (Lipinski definition) is 4. The number of nitrogens with one attached hydrogen (secondary N) is 1. The van der Waals surface area contributed by atoms with Crippen LogP contribution in [0, 0.1) is 11.8 Å². The van der Waals surface area contributed by atoms with Crippen molar-refractivity contribution in [2.45, 2.75) is 33.1 Å². The second kappa shape index (κ2) is 11.9. The largest absolute Gasteiger partial charge is 0.355 e. The number of carbonyl (C=O) groups excluding carboxylic acids is 3. The Hall–Kier alpha value is -2.67.